The first-order valence-electron chi connectivity index (χ1n) is 8.64. The molecule has 0 aliphatic rings. The Morgan fingerprint density at radius 2 is 2.00 bits per heavy atom. The molecule has 0 saturated heterocycles. The van der Waals surface area contributed by atoms with Gasteiger partial charge in [-0.25, -0.2) is 9.37 Å². The summed E-state index contributed by atoms with van der Waals surface area (Å²) < 4.78 is 14.8. The van der Waals surface area contributed by atoms with Crippen LogP contribution in [0.1, 0.15) is 41.5 Å². The number of hydrogen-bond acceptors (Lipinski definition) is 5. The lowest BCUT2D eigenvalue weighted by molar-refractivity contribution is 0.102. The number of benzene rings is 1. The van der Waals surface area contributed by atoms with Crippen LogP contribution in [0.15, 0.2) is 52.9 Å². The molecule has 0 aliphatic carbocycles. The minimum atomic E-state index is -0.275. The fourth-order valence-corrected chi connectivity index (χ4v) is 4.96. The molecule has 0 aliphatic heterocycles. The number of carbonyl (C=O) groups excluding carboxylic acids is 1. The third kappa shape index (κ3) is 5.14. The second-order valence-corrected chi connectivity index (χ2v) is 8.57. The molecule has 0 fully saturated rings. The average Bonchev–Trinajstić information content (AvgIpc) is 3.07. The van der Waals surface area contributed by atoms with Gasteiger partial charge in [-0.15, -0.1) is 11.8 Å². The van der Waals surface area contributed by atoms with E-state index in [1.54, 1.807) is 42.2 Å². The zero-order chi connectivity index (χ0) is 19.2. The Bertz CT molecular complexity index is 913. The van der Waals surface area contributed by atoms with Crippen LogP contribution in [-0.2, 0) is 6.42 Å². The molecule has 2 aromatic heterocycles. The van der Waals surface area contributed by atoms with Crippen molar-refractivity contribution in [1.82, 2.24) is 9.97 Å². The normalized spacial score (nSPS) is 11.0. The van der Waals surface area contributed by atoms with E-state index in [1.807, 2.05) is 12.1 Å². The van der Waals surface area contributed by atoms with Gasteiger partial charge < -0.3 is 0 Å². The number of nitrogens with zero attached hydrogens (tertiary/aromatic N) is 2. The van der Waals surface area contributed by atoms with Gasteiger partial charge in [-0.05, 0) is 36.1 Å². The Kier molecular flexibility index (Phi) is 6.58. The van der Waals surface area contributed by atoms with Gasteiger partial charge >= 0.3 is 0 Å². The Morgan fingerprint density at radius 3 is 2.70 bits per heavy atom. The standard InChI is InChI=1S/C20H20FN3OS2/c1-13(2)17-19(26-12-10-14-7-3-4-8-15(14)21)27-20(23-17)24-18(25)16-9-5-6-11-22-16/h3-9,11,13H,10,12H2,1-2H3,(H,23,24,25). The van der Waals surface area contributed by atoms with Crippen LogP contribution in [-0.4, -0.2) is 21.6 Å². The van der Waals surface area contributed by atoms with Crippen LogP contribution in [0.3, 0.4) is 0 Å². The second-order valence-electron chi connectivity index (χ2n) is 6.21. The van der Waals surface area contributed by atoms with Gasteiger partial charge in [-0.2, -0.15) is 0 Å². The van der Waals surface area contributed by atoms with Gasteiger partial charge in [0.05, 0.1) is 9.90 Å². The third-order valence-electron chi connectivity index (χ3n) is 3.85. The van der Waals surface area contributed by atoms with Crippen LogP contribution in [0, 0.1) is 5.82 Å². The minimum absolute atomic E-state index is 0.171. The molecular formula is C20H20FN3OS2. The van der Waals surface area contributed by atoms with Gasteiger partial charge in [0.25, 0.3) is 5.91 Å². The number of aromatic nitrogens is 2. The molecule has 3 rings (SSSR count). The molecule has 1 aromatic carbocycles. The van der Waals surface area contributed by atoms with E-state index in [-0.39, 0.29) is 17.6 Å². The SMILES string of the molecule is CC(C)c1nc(NC(=O)c2ccccn2)sc1SCCc1ccccc1F. The maximum atomic E-state index is 13.8. The van der Waals surface area contributed by atoms with Crippen molar-refractivity contribution in [2.75, 3.05) is 11.1 Å². The van der Waals surface area contributed by atoms with Crippen molar-refractivity contribution in [2.24, 2.45) is 0 Å². The van der Waals surface area contributed by atoms with E-state index in [4.69, 9.17) is 0 Å². The quantitative estimate of drug-likeness (QED) is 0.540. The highest BCUT2D eigenvalue weighted by atomic mass is 32.2. The van der Waals surface area contributed by atoms with Gasteiger partial charge in [0.1, 0.15) is 11.5 Å². The lowest BCUT2D eigenvalue weighted by Crippen LogP contribution is -2.13. The van der Waals surface area contributed by atoms with Gasteiger partial charge in [0.15, 0.2) is 5.13 Å². The number of carbonyl (C=O) groups is 1. The molecule has 1 N–H and O–H groups in total. The molecule has 0 atom stereocenters. The van der Waals surface area contributed by atoms with Crippen molar-refractivity contribution < 1.29 is 9.18 Å². The fraction of sp³-hybridized carbons (Fsp3) is 0.250. The Hall–Kier alpha value is -2.25. The Morgan fingerprint density at radius 1 is 1.22 bits per heavy atom. The predicted octanol–water partition coefficient (Wildman–Crippen LogP) is 5.39. The van der Waals surface area contributed by atoms with Crippen molar-refractivity contribution in [3.8, 4) is 0 Å². The molecule has 0 spiro atoms. The van der Waals surface area contributed by atoms with Crippen LogP contribution in [0.4, 0.5) is 9.52 Å². The van der Waals surface area contributed by atoms with Crippen molar-refractivity contribution >= 4 is 34.1 Å². The van der Waals surface area contributed by atoms with E-state index in [9.17, 15) is 9.18 Å². The number of anilines is 1. The Balaban J connectivity index is 1.68. The summed E-state index contributed by atoms with van der Waals surface area (Å²) >= 11 is 3.09. The van der Waals surface area contributed by atoms with Gasteiger partial charge in [0, 0.05) is 11.9 Å². The number of aryl methyl sites for hydroxylation is 1. The smallest absolute Gasteiger partial charge is 0.276 e. The predicted molar refractivity (Wildman–Crippen MR) is 109 cm³/mol. The van der Waals surface area contributed by atoms with Gasteiger partial charge in [-0.3, -0.25) is 15.1 Å². The third-order valence-corrected chi connectivity index (χ3v) is 6.11. The molecular weight excluding hydrogens is 381 g/mol. The highest BCUT2D eigenvalue weighted by Crippen LogP contribution is 2.36. The number of pyridine rings is 1. The monoisotopic (exact) mass is 401 g/mol. The summed E-state index contributed by atoms with van der Waals surface area (Å²) in [6.45, 7) is 4.14. The second kappa shape index (κ2) is 9.10. The summed E-state index contributed by atoms with van der Waals surface area (Å²) in [6.07, 6.45) is 2.22. The highest BCUT2D eigenvalue weighted by Gasteiger charge is 2.17. The topological polar surface area (TPSA) is 54.9 Å². The zero-order valence-electron chi connectivity index (χ0n) is 15.1. The average molecular weight is 402 g/mol. The summed E-state index contributed by atoms with van der Waals surface area (Å²) in [5.74, 6) is 0.534. The number of halogens is 1. The van der Waals surface area contributed by atoms with Crippen molar-refractivity contribution in [3.63, 3.8) is 0 Å². The first kappa shape index (κ1) is 19.5. The van der Waals surface area contributed by atoms with Gasteiger partial charge in [0.2, 0.25) is 0 Å². The molecule has 140 valence electrons. The zero-order valence-corrected chi connectivity index (χ0v) is 16.7. The van der Waals surface area contributed by atoms with Crippen LogP contribution >= 0.6 is 23.1 Å². The molecule has 7 heteroatoms. The van der Waals surface area contributed by atoms with E-state index in [1.165, 1.54) is 17.4 Å². The van der Waals surface area contributed by atoms with E-state index in [2.05, 4.69) is 29.1 Å². The molecule has 0 unspecified atom stereocenters. The lowest BCUT2D eigenvalue weighted by Gasteiger charge is -2.05. The van der Waals surface area contributed by atoms with Crippen molar-refractivity contribution in [1.29, 1.82) is 0 Å². The molecule has 0 radical (unpaired) electrons. The molecule has 2 heterocycles. The maximum absolute atomic E-state index is 13.8. The largest absolute Gasteiger partial charge is 0.296 e. The number of amides is 1. The summed E-state index contributed by atoms with van der Waals surface area (Å²) in [4.78, 5) is 20.9. The highest BCUT2D eigenvalue weighted by molar-refractivity contribution is 8.01. The van der Waals surface area contributed by atoms with E-state index >= 15 is 0 Å². The summed E-state index contributed by atoms with van der Waals surface area (Å²) in [7, 11) is 0. The number of rotatable bonds is 7. The van der Waals surface area contributed by atoms with Crippen molar-refractivity contribution in [2.45, 2.75) is 30.4 Å². The molecule has 0 bridgehead atoms. The Labute approximate surface area is 166 Å². The van der Waals surface area contributed by atoms with E-state index < -0.39 is 0 Å². The van der Waals surface area contributed by atoms with Crippen molar-refractivity contribution in [3.05, 3.63) is 71.4 Å². The molecule has 1 amide bonds. The number of thiazole rings is 1. The number of thioether (sulfide) groups is 1. The molecule has 3 aromatic rings. The summed E-state index contributed by atoms with van der Waals surface area (Å²) in [5.41, 5.74) is 2.02. The molecule has 27 heavy (non-hydrogen) atoms. The number of hydrogen-bond donors (Lipinski definition) is 1. The molecule has 4 nitrogen and oxygen atoms in total. The maximum Gasteiger partial charge on any atom is 0.276 e. The van der Waals surface area contributed by atoms with Crippen LogP contribution in [0.25, 0.3) is 0 Å². The first-order chi connectivity index (χ1) is 13.0. The van der Waals surface area contributed by atoms with Gasteiger partial charge in [-0.1, -0.05) is 49.4 Å². The van der Waals surface area contributed by atoms with Crippen LogP contribution in [0.5, 0.6) is 0 Å². The summed E-state index contributed by atoms with van der Waals surface area (Å²) in [6, 6.07) is 12.0. The fourth-order valence-electron chi connectivity index (χ4n) is 2.45. The van der Waals surface area contributed by atoms with E-state index in [0.717, 1.165) is 15.7 Å². The van der Waals surface area contributed by atoms with Crippen LogP contribution in [0.2, 0.25) is 0 Å². The lowest BCUT2D eigenvalue weighted by atomic mass is 10.2. The molecule has 0 saturated carbocycles. The van der Waals surface area contributed by atoms with E-state index in [0.29, 0.717) is 22.8 Å². The minimum Gasteiger partial charge on any atom is -0.296 e. The summed E-state index contributed by atoms with van der Waals surface area (Å²) in [5, 5.41) is 3.38. The number of nitrogens with one attached hydrogen (secondary N) is 1. The van der Waals surface area contributed by atoms with Crippen LogP contribution < -0.4 is 5.32 Å². The first-order valence-corrected chi connectivity index (χ1v) is 10.4.